The molecule has 0 aliphatic carbocycles. The molecular formula is C12H25N3O2. The maximum absolute atomic E-state index is 11.9. The van der Waals surface area contributed by atoms with Crippen molar-refractivity contribution in [3.05, 3.63) is 0 Å². The van der Waals surface area contributed by atoms with Gasteiger partial charge in [-0.2, -0.15) is 0 Å². The van der Waals surface area contributed by atoms with Crippen molar-refractivity contribution in [2.75, 3.05) is 13.1 Å². The van der Waals surface area contributed by atoms with Crippen molar-refractivity contribution in [3.63, 3.8) is 0 Å². The fourth-order valence-electron chi connectivity index (χ4n) is 1.61. The molecule has 0 bridgehead atoms. The maximum atomic E-state index is 11.9. The van der Waals surface area contributed by atoms with Gasteiger partial charge in [0.15, 0.2) is 0 Å². The van der Waals surface area contributed by atoms with Gasteiger partial charge in [-0.3, -0.25) is 4.79 Å². The number of amides is 1. The minimum absolute atomic E-state index is 0.116. The molecule has 0 spiro atoms. The van der Waals surface area contributed by atoms with Crippen LogP contribution in [0.15, 0.2) is 5.16 Å². The summed E-state index contributed by atoms with van der Waals surface area (Å²) in [6.45, 7) is 7.07. The van der Waals surface area contributed by atoms with Crippen LogP contribution in [0.5, 0.6) is 0 Å². The first-order valence-electron chi connectivity index (χ1n) is 6.31. The number of hydrogen-bond donors (Lipinski definition) is 2. The lowest BCUT2D eigenvalue weighted by Crippen LogP contribution is -2.38. The highest BCUT2D eigenvalue weighted by Gasteiger charge is 2.16. The Bertz CT molecular complexity index is 254. The van der Waals surface area contributed by atoms with Crippen LogP contribution in [0.1, 0.15) is 46.5 Å². The van der Waals surface area contributed by atoms with Crippen molar-refractivity contribution in [3.8, 4) is 0 Å². The summed E-state index contributed by atoms with van der Waals surface area (Å²) in [7, 11) is 0. The summed E-state index contributed by atoms with van der Waals surface area (Å²) in [5, 5.41) is 11.5. The molecule has 0 aromatic carbocycles. The highest BCUT2D eigenvalue weighted by atomic mass is 16.4. The summed E-state index contributed by atoms with van der Waals surface area (Å²) in [6, 6.07) is 0. The van der Waals surface area contributed by atoms with Crippen LogP contribution in [0.25, 0.3) is 0 Å². The lowest BCUT2D eigenvalue weighted by molar-refractivity contribution is -0.131. The van der Waals surface area contributed by atoms with Crippen LogP contribution >= 0.6 is 0 Å². The van der Waals surface area contributed by atoms with Crippen LogP contribution in [0.3, 0.4) is 0 Å². The van der Waals surface area contributed by atoms with E-state index in [1.807, 2.05) is 13.8 Å². The third kappa shape index (κ3) is 6.14. The molecule has 1 atom stereocenters. The van der Waals surface area contributed by atoms with Gasteiger partial charge in [0.05, 0.1) is 0 Å². The molecule has 0 heterocycles. The Morgan fingerprint density at radius 2 is 2.06 bits per heavy atom. The largest absolute Gasteiger partial charge is 0.409 e. The summed E-state index contributed by atoms with van der Waals surface area (Å²) in [6.07, 6.45) is 3.72. The monoisotopic (exact) mass is 243 g/mol. The molecule has 0 saturated carbocycles. The molecule has 100 valence electrons. The van der Waals surface area contributed by atoms with Crippen LogP contribution in [0.2, 0.25) is 0 Å². The predicted molar refractivity (Wildman–Crippen MR) is 69.0 cm³/mol. The van der Waals surface area contributed by atoms with Crippen molar-refractivity contribution in [2.45, 2.75) is 46.5 Å². The number of nitrogens with two attached hydrogens (primary N) is 1. The molecular weight excluding hydrogens is 218 g/mol. The zero-order valence-electron chi connectivity index (χ0n) is 11.1. The summed E-state index contributed by atoms with van der Waals surface area (Å²) < 4.78 is 0. The first-order chi connectivity index (χ1) is 8.06. The Morgan fingerprint density at radius 3 is 2.53 bits per heavy atom. The number of amidine groups is 1. The zero-order valence-corrected chi connectivity index (χ0v) is 11.1. The number of hydrogen-bond acceptors (Lipinski definition) is 3. The molecule has 0 radical (unpaired) electrons. The predicted octanol–water partition coefficient (Wildman–Crippen LogP) is 1.80. The van der Waals surface area contributed by atoms with Gasteiger partial charge in [-0.25, -0.2) is 0 Å². The number of oxime groups is 1. The van der Waals surface area contributed by atoms with Gasteiger partial charge < -0.3 is 15.8 Å². The van der Waals surface area contributed by atoms with E-state index in [0.717, 1.165) is 19.3 Å². The molecule has 5 nitrogen and oxygen atoms in total. The van der Waals surface area contributed by atoms with E-state index in [2.05, 4.69) is 12.1 Å². The second-order valence-corrected chi connectivity index (χ2v) is 4.32. The highest BCUT2D eigenvalue weighted by Crippen LogP contribution is 2.06. The van der Waals surface area contributed by atoms with E-state index in [1.165, 1.54) is 0 Å². The van der Waals surface area contributed by atoms with E-state index >= 15 is 0 Å². The molecule has 0 fully saturated rings. The number of rotatable bonds is 8. The molecule has 5 heteroatoms. The van der Waals surface area contributed by atoms with Gasteiger partial charge in [-0.05, 0) is 13.3 Å². The third-order valence-electron chi connectivity index (χ3n) is 2.84. The van der Waals surface area contributed by atoms with Crippen LogP contribution in [0.4, 0.5) is 0 Å². The Balaban J connectivity index is 4.18. The summed E-state index contributed by atoms with van der Waals surface area (Å²) in [4.78, 5) is 13.6. The van der Waals surface area contributed by atoms with E-state index in [9.17, 15) is 4.79 Å². The van der Waals surface area contributed by atoms with Crippen LogP contribution < -0.4 is 5.73 Å². The van der Waals surface area contributed by atoms with Crippen LogP contribution in [0, 0.1) is 5.92 Å². The van der Waals surface area contributed by atoms with Crippen molar-refractivity contribution in [2.24, 2.45) is 16.8 Å². The Hall–Kier alpha value is -1.26. The number of unbranched alkanes of at least 4 members (excludes halogenated alkanes) is 2. The van der Waals surface area contributed by atoms with Gasteiger partial charge >= 0.3 is 0 Å². The summed E-state index contributed by atoms with van der Waals surface area (Å²) in [5.41, 5.74) is 5.50. The van der Waals surface area contributed by atoms with Gasteiger partial charge in [-0.1, -0.05) is 31.8 Å². The average molecular weight is 243 g/mol. The number of carbonyl (C=O) groups is 1. The average Bonchev–Trinajstić information content (AvgIpc) is 2.34. The van der Waals surface area contributed by atoms with Gasteiger partial charge in [0.25, 0.3) is 0 Å². The zero-order chi connectivity index (χ0) is 13.3. The van der Waals surface area contributed by atoms with Crippen LogP contribution in [-0.4, -0.2) is 34.9 Å². The van der Waals surface area contributed by atoms with E-state index < -0.39 is 0 Å². The molecule has 0 aliphatic rings. The summed E-state index contributed by atoms with van der Waals surface area (Å²) >= 11 is 0. The number of nitrogens with zero attached hydrogens (tertiary/aromatic N) is 2. The maximum Gasteiger partial charge on any atom is 0.222 e. The van der Waals surface area contributed by atoms with E-state index in [0.29, 0.717) is 19.5 Å². The van der Waals surface area contributed by atoms with Gasteiger partial charge in [0.2, 0.25) is 5.91 Å². The molecule has 0 aliphatic heterocycles. The molecule has 0 aromatic rings. The van der Waals surface area contributed by atoms with Gasteiger partial charge in [0.1, 0.15) is 5.84 Å². The second-order valence-electron chi connectivity index (χ2n) is 4.32. The smallest absolute Gasteiger partial charge is 0.222 e. The molecule has 17 heavy (non-hydrogen) atoms. The lowest BCUT2D eigenvalue weighted by atomic mass is 10.1. The Kier molecular flexibility index (Phi) is 8.19. The normalized spacial score (nSPS) is 13.5. The van der Waals surface area contributed by atoms with E-state index in [-0.39, 0.29) is 17.7 Å². The molecule has 1 unspecified atom stereocenters. The van der Waals surface area contributed by atoms with Gasteiger partial charge in [0, 0.05) is 25.4 Å². The first-order valence-corrected chi connectivity index (χ1v) is 6.31. The molecule has 0 aromatic heterocycles. The lowest BCUT2D eigenvalue weighted by Gasteiger charge is -2.24. The SMILES string of the molecule is CCCCCC(=O)N(CC)CC(C)C(N)=NO. The van der Waals surface area contributed by atoms with Gasteiger partial charge in [-0.15, -0.1) is 0 Å². The minimum atomic E-state index is -0.116. The van der Waals surface area contributed by atoms with Crippen molar-refractivity contribution >= 4 is 11.7 Å². The minimum Gasteiger partial charge on any atom is -0.409 e. The second kappa shape index (κ2) is 8.84. The molecule has 0 saturated heterocycles. The standard InChI is InChI=1S/C12H25N3O2/c1-4-6-7-8-11(16)15(5-2)9-10(3)12(13)14-17/h10,17H,4-9H2,1-3H3,(H2,13,14). The van der Waals surface area contributed by atoms with Crippen molar-refractivity contribution in [1.29, 1.82) is 0 Å². The van der Waals surface area contributed by atoms with E-state index in [1.54, 1.807) is 4.90 Å². The third-order valence-corrected chi connectivity index (χ3v) is 2.84. The Labute approximate surface area is 104 Å². The topological polar surface area (TPSA) is 78.9 Å². The van der Waals surface area contributed by atoms with Crippen LogP contribution in [-0.2, 0) is 4.79 Å². The molecule has 1 amide bonds. The van der Waals surface area contributed by atoms with Crippen molar-refractivity contribution < 1.29 is 10.0 Å². The Morgan fingerprint density at radius 1 is 1.41 bits per heavy atom. The fraction of sp³-hybridized carbons (Fsp3) is 0.833. The molecule has 0 rings (SSSR count). The van der Waals surface area contributed by atoms with E-state index in [4.69, 9.17) is 10.9 Å². The highest BCUT2D eigenvalue weighted by molar-refractivity contribution is 5.83. The van der Waals surface area contributed by atoms with Crippen molar-refractivity contribution in [1.82, 2.24) is 4.90 Å². The molecule has 3 N–H and O–H groups in total. The first kappa shape index (κ1) is 15.7. The number of carbonyl (C=O) groups excluding carboxylic acids is 1. The quantitative estimate of drug-likeness (QED) is 0.224. The fourth-order valence-corrected chi connectivity index (χ4v) is 1.61. The summed E-state index contributed by atoms with van der Waals surface area (Å²) in [5.74, 6) is 0.207.